The van der Waals surface area contributed by atoms with Crippen molar-refractivity contribution < 1.29 is 23.8 Å². The fourth-order valence-corrected chi connectivity index (χ4v) is 3.61. The van der Waals surface area contributed by atoms with Gasteiger partial charge in [-0.3, -0.25) is 4.79 Å². The molecule has 1 aromatic carbocycles. The summed E-state index contributed by atoms with van der Waals surface area (Å²) in [6.07, 6.45) is 4.92. The maximum Gasteiger partial charge on any atom is 0.408 e. The van der Waals surface area contributed by atoms with Gasteiger partial charge in [-0.25, -0.2) is 4.79 Å². The van der Waals surface area contributed by atoms with Crippen molar-refractivity contribution in [1.29, 1.82) is 0 Å². The Kier molecular flexibility index (Phi) is 9.62. The standard InChI is InChI=1S/C24H38N2O5/c1-17(30-16-19-9-7-6-8-10-19)21(26-23(28)31-24(2,3)4)22(27)25-15-18-11-13-20(29-5)14-12-18/h11-14,17,19,21H,6-10,15-16H2,1-5H3,(H,25,27)(H,26,28). The lowest BCUT2D eigenvalue weighted by molar-refractivity contribution is -0.127. The van der Waals surface area contributed by atoms with Gasteiger partial charge in [0.25, 0.3) is 0 Å². The molecule has 7 heteroatoms. The average Bonchev–Trinajstić information content (AvgIpc) is 2.74. The van der Waals surface area contributed by atoms with E-state index >= 15 is 0 Å². The fraction of sp³-hybridized carbons (Fsp3) is 0.667. The average molecular weight is 435 g/mol. The molecule has 0 radical (unpaired) electrons. The molecule has 0 saturated heterocycles. The normalized spacial score (nSPS) is 16.8. The van der Waals surface area contributed by atoms with Gasteiger partial charge < -0.3 is 24.8 Å². The van der Waals surface area contributed by atoms with E-state index in [9.17, 15) is 9.59 Å². The summed E-state index contributed by atoms with van der Waals surface area (Å²) in [4.78, 5) is 25.3. The zero-order chi connectivity index (χ0) is 22.9. The molecule has 0 bridgehead atoms. The summed E-state index contributed by atoms with van der Waals surface area (Å²) in [5, 5.41) is 5.59. The molecule has 1 aliphatic carbocycles. The smallest absolute Gasteiger partial charge is 0.408 e. The molecule has 1 saturated carbocycles. The van der Waals surface area contributed by atoms with E-state index in [-0.39, 0.29) is 5.91 Å². The van der Waals surface area contributed by atoms with Gasteiger partial charge in [-0.2, -0.15) is 0 Å². The Morgan fingerprint density at radius 1 is 1.10 bits per heavy atom. The van der Waals surface area contributed by atoms with Crippen LogP contribution in [-0.2, 0) is 20.8 Å². The zero-order valence-electron chi connectivity index (χ0n) is 19.5. The topological polar surface area (TPSA) is 85.9 Å². The highest BCUT2D eigenvalue weighted by molar-refractivity contribution is 5.86. The summed E-state index contributed by atoms with van der Waals surface area (Å²) in [6.45, 7) is 8.11. The van der Waals surface area contributed by atoms with Crippen molar-refractivity contribution in [2.75, 3.05) is 13.7 Å². The molecule has 0 spiro atoms. The molecule has 31 heavy (non-hydrogen) atoms. The molecule has 1 aliphatic rings. The molecule has 7 nitrogen and oxygen atoms in total. The first-order valence-electron chi connectivity index (χ1n) is 11.2. The number of nitrogens with one attached hydrogen (secondary N) is 2. The molecule has 0 aromatic heterocycles. The first kappa shape index (κ1) is 25.0. The highest BCUT2D eigenvalue weighted by Crippen LogP contribution is 2.24. The van der Waals surface area contributed by atoms with Gasteiger partial charge in [0.2, 0.25) is 5.91 Å². The second-order valence-electron chi connectivity index (χ2n) is 9.23. The van der Waals surface area contributed by atoms with Crippen LogP contribution in [0, 0.1) is 5.92 Å². The number of ether oxygens (including phenoxy) is 3. The highest BCUT2D eigenvalue weighted by atomic mass is 16.6. The van der Waals surface area contributed by atoms with Crippen LogP contribution in [0.4, 0.5) is 4.79 Å². The Morgan fingerprint density at radius 3 is 2.32 bits per heavy atom. The largest absolute Gasteiger partial charge is 0.497 e. The van der Waals surface area contributed by atoms with Crippen LogP contribution in [0.2, 0.25) is 0 Å². The van der Waals surface area contributed by atoms with Crippen molar-refractivity contribution in [2.24, 2.45) is 5.92 Å². The summed E-state index contributed by atoms with van der Waals surface area (Å²) in [7, 11) is 1.61. The Balaban J connectivity index is 1.97. The highest BCUT2D eigenvalue weighted by Gasteiger charge is 2.30. The Bertz CT molecular complexity index is 693. The molecule has 2 atom stereocenters. The van der Waals surface area contributed by atoms with Gasteiger partial charge in [-0.1, -0.05) is 31.4 Å². The molecule has 2 rings (SSSR count). The van der Waals surface area contributed by atoms with Gasteiger partial charge in [0.05, 0.1) is 13.2 Å². The molecule has 1 aromatic rings. The van der Waals surface area contributed by atoms with E-state index in [1.807, 2.05) is 31.2 Å². The van der Waals surface area contributed by atoms with Crippen molar-refractivity contribution in [2.45, 2.75) is 84.1 Å². The Morgan fingerprint density at radius 2 is 1.74 bits per heavy atom. The van der Waals surface area contributed by atoms with Crippen LogP contribution >= 0.6 is 0 Å². The molecule has 0 aliphatic heterocycles. The van der Waals surface area contributed by atoms with Gasteiger partial charge in [0.1, 0.15) is 17.4 Å². The minimum absolute atomic E-state index is 0.308. The van der Waals surface area contributed by atoms with Crippen LogP contribution < -0.4 is 15.4 Å². The van der Waals surface area contributed by atoms with Gasteiger partial charge in [0, 0.05) is 13.2 Å². The molecule has 0 heterocycles. The van der Waals surface area contributed by atoms with Crippen molar-refractivity contribution in [1.82, 2.24) is 10.6 Å². The molecule has 2 amide bonds. The van der Waals surface area contributed by atoms with Crippen molar-refractivity contribution >= 4 is 12.0 Å². The SMILES string of the molecule is COc1ccc(CNC(=O)C(NC(=O)OC(C)(C)C)C(C)OCC2CCCCC2)cc1. The van der Waals surface area contributed by atoms with E-state index in [4.69, 9.17) is 14.2 Å². The third-order valence-corrected chi connectivity index (χ3v) is 5.37. The molecule has 1 fully saturated rings. The van der Waals surface area contributed by atoms with E-state index in [1.165, 1.54) is 19.3 Å². The first-order chi connectivity index (χ1) is 14.7. The summed E-state index contributed by atoms with van der Waals surface area (Å²) >= 11 is 0. The van der Waals surface area contributed by atoms with Crippen molar-refractivity contribution in [3.05, 3.63) is 29.8 Å². The van der Waals surface area contributed by atoms with E-state index in [0.29, 0.717) is 19.1 Å². The monoisotopic (exact) mass is 434 g/mol. The van der Waals surface area contributed by atoms with Crippen molar-refractivity contribution in [3.63, 3.8) is 0 Å². The number of hydrogen-bond donors (Lipinski definition) is 2. The maximum absolute atomic E-state index is 12.9. The summed E-state index contributed by atoms with van der Waals surface area (Å²) < 4.78 is 16.5. The number of hydrogen-bond acceptors (Lipinski definition) is 5. The number of carbonyl (C=O) groups is 2. The maximum atomic E-state index is 12.9. The van der Waals surface area contributed by atoms with E-state index in [0.717, 1.165) is 24.2 Å². The second-order valence-corrected chi connectivity index (χ2v) is 9.23. The predicted octanol–water partition coefficient (Wildman–Crippen LogP) is 4.19. The van der Waals surface area contributed by atoms with E-state index < -0.39 is 23.8 Å². The summed E-state index contributed by atoms with van der Waals surface area (Å²) in [5.74, 6) is 0.961. The molecule has 2 unspecified atom stereocenters. The van der Waals surface area contributed by atoms with Crippen LogP contribution in [0.3, 0.4) is 0 Å². The summed E-state index contributed by atoms with van der Waals surface area (Å²) in [6, 6.07) is 6.61. The minimum Gasteiger partial charge on any atom is -0.497 e. The van der Waals surface area contributed by atoms with Crippen LogP contribution in [0.25, 0.3) is 0 Å². The second kappa shape index (κ2) is 11.9. The van der Waals surface area contributed by atoms with Gasteiger partial charge >= 0.3 is 6.09 Å². The number of carbonyl (C=O) groups excluding carboxylic acids is 2. The number of benzene rings is 1. The zero-order valence-corrected chi connectivity index (χ0v) is 19.5. The number of rotatable bonds is 9. The Hall–Kier alpha value is -2.28. The first-order valence-corrected chi connectivity index (χ1v) is 11.2. The van der Waals surface area contributed by atoms with Gasteiger partial charge in [-0.15, -0.1) is 0 Å². The van der Waals surface area contributed by atoms with Gasteiger partial charge in [0.15, 0.2) is 0 Å². The fourth-order valence-electron chi connectivity index (χ4n) is 3.61. The van der Waals surface area contributed by atoms with Crippen LogP contribution in [0.5, 0.6) is 5.75 Å². The third kappa shape index (κ3) is 9.17. The third-order valence-electron chi connectivity index (χ3n) is 5.37. The van der Waals surface area contributed by atoms with E-state index in [1.54, 1.807) is 27.9 Å². The van der Waals surface area contributed by atoms with Crippen LogP contribution in [0.15, 0.2) is 24.3 Å². The Labute approximate surface area is 186 Å². The quantitative estimate of drug-likeness (QED) is 0.609. The lowest BCUT2D eigenvalue weighted by Gasteiger charge is -2.29. The van der Waals surface area contributed by atoms with Crippen LogP contribution in [-0.4, -0.2) is 43.5 Å². The molecular weight excluding hydrogens is 396 g/mol. The molecule has 174 valence electrons. The van der Waals surface area contributed by atoms with Crippen molar-refractivity contribution in [3.8, 4) is 5.75 Å². The molecule has 2 N–H and O–H groups in total. The van der Waals surface area contributed by atoms with Gasteiger partial charge in [-0.05, 0) is 64.2 Å². The predicted molar refractivity (Wildman–Crippen MR) is 120 cm³/mol. The number of amides is 2. The summed E-state index contributed by atoms with van der Waals surface area (Å²) in [5.41, 5.74) is 0.279. The number of methoxy groups -OCH3 is 1. The molecular formula is C24H38N2O5. The minimum atomic E-state index is -0.850. The van der Waals surface area contributed by atoms with E-state index in [2.05, 4.69) is 10.6 Å². The number of alkyl carbamates (subject to hydrolysis) is 1. The lowest BCUT2D eigenvalue weighted by atomic mass is 9.90. The van der Waals surface area contributed by atoms with Crippen LogP contribution in [0.1, 0.15) is 65.4 Å². The lowest BCUT2D eigenvalue weighted by Crippen LogP contribution is -2.54.